The van der Waals surface area contributed by atoms with E-state index < -0.39 is 39.8 Å². The maximum absolute atomic E-state index is 14.0. The first-order chi connectivity index (χ1) is 25.2. The van der Waals surface area contributed by atoms with Gasteiger partial charge in [0, 0.05) is 36.5 Å². The van der Waals surface area contributed by atoms with Crippen LogP contribution in [0, 0.1) is 10.1 Å². The van der Waals surface area contributed by atoms with Gasteiger partial charge in [-0.25, -0.2) is 4.98 Å². The van der Waals surface area contributed by atoms with E-state index in [1.54, 1.807) is 18.6 Å². The number of carbonyl (C=O) groups is 2. The van der Waals surface area contributed by atoms with E-state index in [0.29, 0.717) is 17.7 Å². The Balaban J connectivity index is 1.40. The van der Waals surface area contributed by atoms with Crippen molar-refractivity contribution in [3.63, 3.8) is 0 Å². The summed E-state index contributed by atoms with van der Waals surface area (Å²) in [5.74, 6) is -2.46. The molecule has 0 bridgehead atoms. The molecule has 12 heteroatoms. The number of rotatable bonds is 13. The molecule has 262 valence electrons. The number of phenolic OH excluding ortho intramolecular Hbond substituents is 3. The van der Waals surface area contributed by atoms with Gasteiger partial charge in [0.15, 0.2) is 17.2 Å². The highest BCUT2D eigenvalue weighted by Gasteiger charge is 2.40. The van der Waals surface area contributed by atoms with Crippen LogP contribution in [0.4, 0.5) is 5.69 Å². The number of nitrogens with one attached hydrogen (secondary N) is 2. The Morgan fingerprint density at radius 3 is 1.90 bits per heavy atom. The van der Waals surface area contributed by atoms with Gasteiger partial charge in [-0.1, -0.05) is 97.1 Å². The molecular formula is C40H35N5O7. The molecule has 0 aliphatic heterocycles. The molecule has 5 aromatic carbocycles. The quantitative estimate of drug-likeness (QED) is 0.0458. The minimum Gasteiger partial charge on any atom is -0.504 e. The van der Waals surface area contributed by atoms with Crippen molar-refractivity contribution >= 4 is 17.5 Å². The van der Waals surface area contributed by atoms with Crippen molar-refractivity contribution in [3.8, 4) is 17.2 Å². The number of aromatic nitrogens is 2. The van der Waals surface area contributed by atoms with Crippen LogP contribution in [0.2, 0.25) is 0 Å². The lowest BCUT2D eigenvalue weighted by Crippen LogP contribution is -2.49. The van der Waals surface area contributed by atoms with Crippen molar-refractivity contribution in [1.82, 2.24) is 20.2 Å². The van der Waals surface area contributed by atoms with Gasteiger partial charge in [0.05, 0.1) is 11.3 Å². The number of hydrogen-bond acceptors (Lipinski definition) is 8. The van der Waals surface area contributed by atoms with Gasteiger partial charge in [-0.2, -0.15) is 0 Å². The number of aromatic hydroxyl groups is 3. The van der Waals surface area contributed by atoms with E-state index in [-0.39, 0.29) is 30.0 Å². The van der Waals surface area contributed by atoms with Crippen molar-refractivity contribution in [2.24, 2.45) is 0 Å². The molecule has 0 unspecified atom stereocenters. The van der Waals surface area contributed by atoms with Crippen molar-refractivity contribution < 1.29 is 29.8 Å². The van der Waals surface area contributed by atoms with Crippen molar-refractivity contribution in [2.45, 2.75) is 24.4 Å². The number of nitro groups is 1. The maximum Gasteiger partial charge on any atom is 0.311 e. The number of hydrogen-bond donors (Lipinski definition) is 5. The summed E-state index contributed by atoms with van der Waals surface area (Å²) in [7, 11) is 0. The third-order valence-corrected chi connectivity index (χ3v) is 8.87. The molecule has 2 amide bonds. The van der Waals surface area contributed by atoms with Gasteiger partial charge in [-0.15, -0.1) is 0 Å². The molecule has 0 radical (unpaired) electrons. The summed E-state index contributed by atoms with van der Waals surface area (Å²) < 4.78 is 1.99. The molecule has 5 N–H and O–H groups in total. The first kappa shape index (κ1) is 34.9. The highest BCUT2D eigenvalue weighted by atomic mass is 16.6. The second kappa shape index (κ2) is 15.3. The number of benzene rings is 5. The first-order valence-corrected chi connectivity index (χ1v) is 16.4. The van der Waals surface area contributed by atoms with Crippen LogP contribution < -0.4 is 10.6 Å². The Morgan fingerprint density at radius 1 is 0.769 bits per heavy atom. The minimum atomic E-state index is -1.19. The van der Waals surface area contributed by atoms with Crippen molar-refractivity contribution in [1.29, 1.82) is 0 Å². The van der Waals surface area contributed by atoms with Gasteiger partial charge in [0.2, 0.25) is 5.91 Å². The molecule has 1 heterocycles. The van der Waals surface area contributed by atoms with Gasteiger partial charge in [0.1, 0.15) is 11.6 Å². The van der Waals surface area contributed by atoms with E-state index in [0.717, 1.165) is 28.8 Å². The zero-order valence-corrected chi connectivity index (χ0v) is 27.8. The van der Waals surface area contributed by atoms with Gasteiger partial charge in [-0.05, 0) is 52.9 Å². The zero-order chi connectivity index (χ0) is 36.7. The first-order valence-electron chi connectivity index (χ1n) is 16.4. The van der Waals surface area contributed by atoms with E-state index in [1.807, 2.05) is 95.6 Å². The van der Waals surface area contributed by atoms with Crippen LogP contribution in [0.3, 0.4) is 0 Å². The molecule has 0 spiro atoms. The molecule has 6 aromatic rings. The SMILES string of the molecule is O=C(N[C@@H](Cc1cncn1C(c1ccccc1)(c1ccccc1)c1ccccc1)C(=O)NCCc1ccc(O)c(O)c1)c1ccc(O)c([N+](=O)[O-])c1. The van der Waals surface area contributed by atoms with E-state index in [9.17, 15) is 35.0 Å². The van der Waals surface area contributed by atoms with E-state index in [1.165, 1.54) is 18.2 Å². The molecule has 52 heavy (non-hydrogen) atoms. The predicted molar refractivity (Wildman–Crippen MR) is 193 cm³/mol. The largest absolute Gasteiger partial charge is 0.504 e. The van der Waals surface area contributed by atoms with Gasteiger partial charge in [-0.3, -0.25) is 19.7 Å². The molecule has 0 saturated heterocycles. The second-order valence-electron chi connectivity index (χ2n) is 12.1. The van der Waals surface area contributed by atoms with Crippen LogP contribution in [0.15, 0.2) is 140 Å². The average Bonchev–Trinajstić information content (AvgIpc) is 3.62. The van der Waals surface area contributed by atoms with Crippen LogP contribution >= 0.6 is 0 Å². The molecule has 0 fully saturated rings. The Hall–Kier alpha value is -6.95. The van der Waals surface area contributed by atoms with Crippen LogP contribution in [0.5, 0.6) is 17.2 Å². The molecule has 0 aliphatic carbocycles. The highest BCUT2D eigenvalue weighted by molar-refractivity contribution is 5.98. The topological polar surface area (TPSA) is 180 Å². The average molecular weight is 698 g/mol. The highest BCUT2D eigenvalue weighted by Crippen LogP contribution is 2.41. The lowest BCUT2D eigenvalue weighted by Gasteiger charge is -2.39. The summed E-state index contributed by atoms with van der Waals surface area (Å²) in [4.78, 5) is 42.8. The Bertz CT molecular complexity index is 2090. The van der Waals surface area contributed by atoms with E-state index in [2.05, 4.69) is 15.6 Å². The van der Waals surface area contributed by atoms with E-state index in [4.69, 9.17) is 0 Å². The van der Waals surface area contributed by atoms with Crippen molar-refractivity contribution in [2.75, 3.05) is 6.54 Å². The number of nitro benzene ring substituents is 1. The standard InChI is InChI=1S/C40H35N5O7/c46-35-19-17-28(23-34(35)45(51)52)38(49)43-33(39(50)42-21-20-27-16-18-36(47)37(48)22-27)24-32-25-41-26-44(32)40(29-10-4-1-5-11-29,30-12-6-2-7-13-30)31-14-8-3-9-15-31/h1-19,22-23,25-26,33,46-48H,20-21,24H2,(H,42,50)(H,43,49)/t33-/m0/s1. The number of nitrogens with zero attached hydrogens (tertiary/aromatic N) is 3. The number of phenols is 3. The van der Waals surface area contributed by atoms with Crippen LogP contribution in [-0.2, 0) is 23.2 Å². The fourth-order valence-corrected chi connectivity index (χ4v) is 6.38. The Labute approximate surface area is 298 Å². The summed E-state index contributed by atoms with van der Waals surface area (Å²) in [5, 5.41) is 46.7. The molecule has 0 aliphatic rings. The lowest BCUT2D eigenvalue weighted by molar-refractivity contribution is -0.385. The third-order valence-electron chi connectivity index (χ3n) is 8.87. The molecule has 12 nitrogen and oxygen atoms in total. The number of amides is 2. The summed E-state index contributed by atoms with van der Waals surface area (Å²) in [6.45, 7) is 0.126. The van der Waals surface area contributed by atoms with Crippen LogP contribution in [0.1, 0.15) is 38.3 Å². The smallest absolute Gasteiger partial charge is 0.311 e. The van der Waals surface area contributed by atoms with E-state index >= 15 is 0 Å². The van der Waals surface area contributed by atoms with Crippen LogP contribution in [0.25, 0.3) is 0 Å². The Morgan fingerprint density at radius 2 is 1.35 bits per heavy atom. The zero-order valence-electron chi connectivity index (χ0n) is 27.8. The lowest BCUT2D eigenvalue weighted by atomic mass is 9.76. The van der Waals surface area contributed by atoms with Crippen LogP contribution in [-0.4, -0.2) is 54.2 Å². The maximum atomic E-state index is 14.0. The number of carbonyl (C=O) groups excluding carboxylic acids is 2. The number of imidazole rings is 1. The molecular weight excluding hydrogens is 662 g/mol. The molecule has 0 saturated carbocycles. The predicted octanol–water partition coefficient (Wildman–Crippen LogP) is 5.45. The van der Waals surface area contributed by atoms with Gasteiger partial charge < -0.3 is 30.5 Å². The summed E-state index contributed by atoms with van der Waals surface area (Å²) in [6.07, 6.45) is 3.60. The minimum absolute atomic E-state index is 0.0357. The summed E-state index contributed by atoms with van der Waals surface area (Å²) in [5.41, 5.74) is 2.28. The second-order valence-corrected chi connectivity index (χ2v) is 12.1. The molecule has 6 rings (SSSR count). The fraction of sp³-hybridized carbons (Fsp3) is 0.125. The van der Waals surface area contributed by atoms with Gasteiger partial charge >= 0.3 is 5.69 Å². The fourth-order valence-electron chi connectivity index (χ4n) is 6.38. The third kappa shape index (κ3) is 7.17. The summed E-state index contributed by atoms with van der Waals surface area (Å²) in [6, 6.07) is 36.1. The molecule has 1 atom stereocenters. The van der Waals surface area contributed by atoms with Gasteiger partial charge in [0.25, 0.3) is 5.91 Å². The van der Waals surface area contributed by atoms with Crippen molar-refractivity contribution in [3.05, 3.63) is 184 Å². The molecule has 1 aromatic heterocycles. The Kier molecular flexibility index (Phi) is 10.3. The normalized spacial score (nSPS) is 11.8. The monoisotopic (exact) mass is 697 g/mol. The summed E-state index contributed by atoms with van der Waals surface area (Å²) >= 11 is 0.